The molecule has 21 heavy (non-hydrogen) atoms. The fourth-order valence-corrected chi connectivity index (χ4v) is 2.16. The number of nitrogens with zero attached hydrogens (tertiary/aromatic N) is 1. The molecule has 2 N–H and O–H groups in total. The highest BCUT2D eigenvalue weighted by molar-refractivity contribution is 9.10. The summed E-state index contributed by atoms with van der Waals surface area (Å²) < 4.78 is 5.87. The van der Waals surface area contributed by atoms with Gasteiger partial charge in [0, 0.05) is 21.8 Å². The maximum atomic E-state index is 12.3. The third-order valence-electron chi connectivity index (χ3n) is 2.71. The molecule has 0 unspecified atom stereocenters. The first-order valence-corrected chi connectivity index (χ1v) is 7.08. The van der Waals surface area contributed by atoms with Gasteiger partial charge < -0.3 is 20.1 Å². The Morgan fingerprint density at radius 3 is 2.43 bits per heavy atom. The van der Waals surface area contributed by atoms with Gasteiger partial charge in [-0.05, 0) is 32.9 Å². The average Bonchev–Trinajstić information content (AvgIpc) is 2.33. The second-order valence-corrected chi connectivity index (χ2v) is 6.38. The van der Waals surface area contributed by atoms with E-state index >= 15 is 0 Å². The summed E-state index contributed by atoms with van der Waals surface area (Å²) in [5.41, 5.74) is -0.0932. The molecule has 0 bridgehead atoms. The fraction of sp³-hybridized carbons (Fsp3) is 0.429. The van der Waals surface area contributed by atoms with Crippen molar-refractivity contribution in [2.45, 2.75) is 26.3 Å². The van der Waals surface area contributed by atoms with E-state index in [1.54, 1.807) is 39.0 Å². The van der Waals surface area contributed by atoms with E-state index in [2.05, 4.69) is 21.2 Å². The second-order valence-electron chi connectivity index (χ2n) is 5.46. The highest BCUT2D eigenvalue weighted by atomic mass is 79.9. The zero-order valence-electron chi connectivity index (χ0n) is 12.4. The Labute approximate surface area is 132 Å². The summed E-state index contributed by atoms with van der Waals surface area (Å²) >= 11 is 3.32. The Morgan fingerprint density at radius 1 is 1.33 bits per heavy atom. The van der Waals surface area contributed by atoms with Crippen molar-refractivity contribution >= 4 is 33.6 Å². The van der Waals surface area contributed by atoms with Crippen LogP contribution in [0.25, 0.3) is 0 Å². The van der Waals surface area contributed by atoms with Crippen molar-refractivity contribution in [2.24, 2.45) is 0 Å². The number of anilines is 1. The van der Waals surface area contributed by atoms with Gasteiger partial charge in [0.15, 0.2) is 0 Å². The predicted molar refractivity (Wildman–Crippen MR) is 83.8 cm³/mol. The van der Waals surface area contributed by atoms with Crippen LogP contribution in [0.2, 0.25) is 0 Å². The minimum absolute atomic E-state index is 0.375. The zero-order valence-corrected chi connectivity index (χ0v) is 14.0. The normalized spacial score (nSPS) is 10.9. The topological polar surface area (TPSA) is 78.9 Å². The van der Waals surface area contributed by atoms with E-state index < -0.39 is 17.5 Å². The number of amides is 2. The molecular weight excluding hydrogens is 340 g/mol. The number of halogens is 1. The molecule has 0 aliphatic carbocycles. The summed E-state index contributed by atoms with van der Waals surface area (Å²) in [6.07, 6.45) is 0. The molecule has 0 fully saturated rings. The molecule has 1 aromatic rings. The van der Waals surface area contributed by atoms with E-state index in [4.69, 9.17) is 9.84 Å². The Hall–Kier alpha value is -1.76. The monoisotopic (exact) mass is 358 g/mol. The fourth-order valence-electron chi connectivity index (χ4n) is 1.69. The van der Waals surface area contributed by atoms with E-state index in [0.717, 1.165) is 4.47 Å². The van der Waals surface area contributed by atoms with Crippen LogP contribution in [0.3, 0.4) is 0 Å². The van der Waals surface area contributed by atoms with Gasteiger partial charge in [-0.25, -0.2) is 4.79 Å². The average molecular weight is 359 g/mol. The van der Waals surface area contributed by atoms with E-state index in [1.807, 2.05) is 0 Å². The minimum Gasteiger partial charge on any atom is -0.497 e. The van der Waals surface area contributed by atoms with Crippen molar-refractivity contribution in [3.8, 4) is 5.75 Å². The van der Waals surface area contributed by atoms with Crippen molar-refractivity contribution in [1.82, 2.24) is 4.90 Å². The number of carboxylic acids is 1. The summed E-state index contributed by atoms with van der Waals surface area (Å²) in [4.78, 5) is 24.5. The number of hydrogen-bond acceptors (Lipinski definition) is 3. The number of benzene rings is 1. The van der Waals surface area contributed by atoms with Crippen molar-refractivity contribution < 1.29 is 19.4 Å². The largest absolute Gasteiger partial charge is 0.497 e. The lowest BCUT2D eigenvalue weighted by Crippen LogP contribution is -2.50. The van der Waals surface area contributed by atoms with Crippen molar-refractivity contribution in [3.63, 3.8) is 0 Å². The number of methoxy groups -OCH3 is 1. The standard InChI is InChI=1S/C14H19BrN2O4/c1-14(2,3)17(8-12(18)19)13(20)16-10-5-9(15)6-11(7-10)21-4/h5-7H,8H2,1-4H3,(H,16,20)(H,18,19). The lowest BCUT2D eigenvalue weighted by atomic mass is 10.1. The van der Waals surface area contributed by atoms with Crippen LogP contribution in [0.1, 0.15) is 20.8 Å². The van der Waals surface area contributed by atoms with Crippen LogP contribution in [0.5, 0.6) is 5.75 Å². The minimum atomic E-state index is -1.06. The number of urea groups is 1. The Balaban J connectivity index is 2.96. The number of carbonyl (C=O) groups excluding carboxylic acids is 1. The molecule has 6 nitrogen and oxygen atoms in total. The van der Waals surface area contributed by atoms with E-state index in [1.165, 1.54) is 12.0 Å². The first-order valence-electron chi connectivity index (χ1n) is 6.28. The van der Waals surface area contributed by atoms with E-state index in [0.29, 0.717) is 11.4 Å². The van der Waals surface area contributed by atoms with Gasteiger partial charge in [-0.15, -0.1) is 0 Å². The molecule has 116 valence electrons. The van der Waals surface area contributed by atoms with Gasteiger partial charge >= 0.3 is 12.0 Å². The summed E-state index contributed by atoms with van der Waals surface area (Å²) in [7, 11) is 1.53. The third kappa shape index (κ3) is 5.26. The molecular formula is C14H19BrN2O4. The van der Waals surface area contributed by atoms with Gasteiger partial charge in [0.25, 0.3) is 0 Å². The zero-order chi connectivity index (χ0) is 16.2. The van der Waals surface area contributed by atoms with Crippen molar-refractivity contribution in [2.75, 3.05) is 19.0 Å². The quantitative estimate of drug-likeness (QED) is 0.866. The van der Waals surface area contributed by atoms with E-state index in [9.17, 15) is 9.59 Å². The Morgan fingerprint density at radius 2 is 1.95 bits per heavy atom. The number of carbonyl (C=O) groups is 2. The van der Waals surface area contributed by atoms with Crippen LogP contribution in [0.15, 0.2) is 22.7 Å². The Bertz CT molecular complexity index is 540. The van der Waals surface area contributed by atoms with Crippen LogP contribution in [-0.2, 0) is 4.79 Å². The van der Waals surface area contributed by atoms with Crippen LogP contribution < -0.4 is 10.1 Å². The molecule has 0 atom stereocenters. The van der Waals surface area contributed by atoms with Crippen LogP contribution in [0, 0.1) is 0 Å². The van der Waals surface area contributed by atoms with Gasteiger partial charge in [-0.3, -0.25) is 4.79 Å². The van der Waals surface area contributed by atoms with Gasteiger partial charge in [-0.1, -0.05) is 15.9 Å². The number of nitrogens with one attached hydrogen (secondary N) is 1. The first-order chi connectivity index (χ1) is 9.63. The lowest BCUT2D eigenvalue weighted by molar-refractivity contribution is -0.138. The SMILES string of the molecule is COc1cc(Br)cc(NC(=O)N(CC(=O)O)C(C)(C)C)c1. The highest BCUT2D eigenvalue weighted by Crippen LogP contribution is 2.25. The molecule has 0 saturated carbocycles. The molecule has 2 amide bonds. The summed E-state index contributed by atoms with van der Waals surface area (Å²) in [5, 5.41) is 11.6. The molecule has 0 radical (unpaired) electrons. The molecule has 0 aliphatic heterocycles. The van der Waals surface area contributed by atoms with Crippen molar-refractivity contribution in [1.29, 1.82) is 0 Å². The maximum absolute atomic E-state index is 12.3. The first kappa shape index (κ1) is 17.3. The van der Waals surface area contributed by atoms with Gasteiger partial charge in [0.1, 0.15) is 12.3 Å². The number of aliphatic carboxylic acids is 1. The summed E-state index contributed by atoms with van der Waals surface area (Å²) in [6, 6.07) is 4.64. The predicted octanol–water partition coefficient (Wildman–Crippen LogP) is 3.17. The molecule has 0 heterocycles. The smallest absolute Gasteiger partial charge is 0.323 e. The molecule has 0 spiro atoms. The van der Waals surface area contributed by atoms with Crippen molar-refractivity contribution in [3.05, 3.63) is 22.7 Å². The molecule has 0 aliphatic rings. The molecule has 0 saturated heterocycles. The highest BCUT2D eigenvalue weighted by Gasteiger charge is 2.28. The van der Waals surface area contributed by atoms with Crippen LogP contribution in [-0.4, -0.2) is 41.2 Å². The molecule has 1 aromatic carbocycles. The second kappa shape index (κ2) is 6.80. The number of carboxylic acid groups (broad SMARTS) is 1. The van der Waals surface area contributed by atoms with Gasteiger partial charge in [-0.2, -0.15) is 0 Å². The molecule has 0 aromatic heterocycles. The number of ether oxygens (including phenoxy) is 1. The Kier molecular flexibility index (Phi) is 5.60. The van der Waals surface area contributed by atoms with Crippen LogP contribution >= 0.6 is 15.9 Å². The third-order valence-corrected chi connectivity index (χ3v) is 3.16. The van der Waals surface area contributed by atoms with Gasteiger partial charge in [0.05, 0.1) is 7.11 Å². The molecule has 7 heteroatoms. The van der Waals surface area contributed by atoms with Crippen LogP contribution in [0.4, 0.5) is 10.5 Å². The van der Waals surface area contributed by atoms with Gasteiger partial charge in [0.2, 0.25) is 0 Å². The lowest BCUT2D eigenvalue weighted by Gasteiger charge is -2.34. The van der Waals surface area contributed by atoms with E-state index in [-0.39, 0.29) is 6.54 Å². The number of rotatable bonds is 4. The molecule has 1 rings (SSSR count). The summed E-state index contributed by atoms with van der Waals surface area (Å²) in [5.74, 6) is -0.480. The summed E-state index contributed by atoms with van der Waals surface area (Å²) in [6.45, 7) is 4.95. The number of hydrogen-bond donors (Lipinski definition) is 2. The maximum Gasteiger partial charge on any atom is 0.323 e.